The van der Waals surface area contributed by atoms with Gasteiger partial charge in [0.25, 0.3) is 0 Å². The summed E-state index contributed by atoms with van der Waals surface area (Å²) in [7, 11) is 0. The van der Waals surface area contributed by atoms with E-state index in [1.54, 1.807) is 43.3 Å². The normalized spacial score (nSPS) is 14.4. The maximum Gasteiger partial charge on any atom is 0.374 e. The first-order valence-electron chi connectivity index (χ1n) is 8.92. The van der Waals surface area contributed by atoms with E-state index in [0.717, 1.165) is 0 Å². The van der Waals surface area contributed by atoms with Crippen molar-refractivity contribution in [1.29, 1.82) is 0 Å². The van der Waals surface area contributed by atoms with E-state index in [4.69, 9.17) is 16.3 Å². The van der Waals surface area contributed by atoms with Crippen LogP contribution in [0.3, 0.4) is 0 Å². The number of carbonyl (C=O) groups excluding carboxylic acids is 4. The monoisotopic (exact) mass is 412 g/mol. The fraction of sp³-hybridized carbons (Fsp3) is 0.182. The lowest BCUT2D eigenvalue weighted by Crippen LogP contribution is -2.30. The first kappa shape index (κ1) is 20.5. The van der Waals surface area contributed by atoms with E-state index in [1.165, 1.54) is 12.1 Å². The Morgan fingerprint density at radius 1 is 1.00 bits per heavy atom. The van der Waals surface area contributed by atoms with Gasteiger partial charge in [-0.15, -0.1) is 0 Å². The third kappa shape index (κ3) is 3.84. The summed E-state index contributed by atoms with van der Waals surface area (Å²) in [6.45, 7) is 1.57. The van der Waals surface area contributed by atoms with E-state index in [-0.39, 0.29) is 28.3 Å². The Hall–Kier alpha value is -3.25. The minimum atomic E-state index is -1.09. The van der Waals surface area contributed by atoms with Crippen molar-refractivity contribution in [2.45, 2.75) is 19.3 Å². The number of halogens is 1. The van der Waals surface area contributed by atoms with Crippen LogP contribution in [0.25, 0.3) is 5.76 Å². The molecule has 0 saturated heterocycles. The van der Waals surface area contributed by atoms with Gasteiger partial charge in [0, 0.05) is 28.5 Å². The number of rotatable bonds is 6. The molecule has 0 saturated carbocycles. The third-order valence-corrected chi connectivity index (χ3v) is 5.00. The van der Waals surface area contributed by atoms with Crippen LogP contribution in [0.2, 0.25) is 5.02 Å². The first-order chi connectivity index (χ1) is 13.9. The van der Waals surface area contributed by atoms with Gasteiger partial charge in [0.15, 0.2) is 0 Å². The highest BCUT2D eigenvalue weighted by Crippen LogP contribution is 2.40. The Labute approximate surface area is 171 Å². The Kier molecular flexibility index (Phi) is 5.94. The van der Waals surface area contributed by atoms with Gasteiger partial charge in [0.2, 0.25) is 17.3 Å². The number of fused-ring (bicyclic) bond motifs is 1. The predicted molar refractivity (Wildman–Crippen MR) is 106 cm³/mol. The van der Waals surface area contributed by atoms with E-state index < -0.39 is 41.4 Å². The number of carbonyl (C=O) groups is 4. The number of benzene rings is 2. The Morgan fingerprint density at radius 2 is 1.62 bits per heavy atom. The van der Waals surface area contributed by atoms with E-state index >= 15 is 0 Å². The fourth-order valence-electron chi connectivity index (χ4n) is 3.31. The number of ether oxygens (including phenoxy) is 1. The van der Waals surface area contributed by atoms with Crippen molar-refractivity contribution in [3.63, 3.8) is 0 Å². The molecule has 7 heteroatoms. The van der Waals surface area contributed by atoms with Gasteiger partial charge in [-0.25, -0.2) is 4.79 Å². The standard InChI is InChI=1S/C22H17ClO6/c1-2-29-22(28)17(24)11-15(12-7-5-6-10-16(12)23)18-19(25)13-8-3-4-9-14(13)20(26)21(18)27/h3-10,15,25H,2,11H2,1H3/t15-/m1/s1. The third-order valence-electron chi connectivity index (χ3n) is 4.65. The molecule has 0 spiro atoms. The zero-order valence-corrected chi connectivity index (χ0v) is 16.2. The molecular weight excluding hydrogens is 396 g/mol. The van der Waals surface area contributed by atoms with Crippen molar-refractivity contribution in [3.05, 3.63) is 75.8 Å². The number of hydrogen-bond donors (Lipinski definition) is 1. The minimum absolute atomic E-state index is 0.0140. The summed E-state index contributed by atoms with van der Waals surface area (Å²) in [5.41, 5.74) is 0.342. The molecule has 29 heavy (non-hydrogen) atoms. The molecule has 0 bridgehead atoms. The van der Waals surface area contributed by atoms with Crippen molar-refractivity contribution in [1.82, 2.24) is 0 Å². The van der Waals surface area contributed by atoms with Crippen LogP contribution >= 0.6 is 11.6 Å². The van der Waals surface area contributed by atoms with Crippen LogP contribution in [0.5, 0.6) is 0 Å². The van der Waals surface area contributed by atoms with Crippen LogP contribution in [0.15, 0.2) is 54.1 Å². The zero-order valence-electron chi connectivity index (χ0n) is 15.5. The molecule has 1 aliphatic rings. The average Bonchev–Trinajstić information content (AvgIpc) is 2.72. The average molecular weight is 413 g/mol. The zero-order chi connectivity index (χ0) is 21.1. The Morgan fingerprint density at radius 3 is 2.28 bits per heavy atom. The van der Waals surface area contributed by atoms with Gasteiger partial charge in [-0.05, 0) is 18.6 Å². The maximum atomic E-state index is 12.9. The quantitative estimate of drug-likeness (QED) is 0.574. The highest BCUT2D eigenvalue weighted by molar-refractivity contribution is 6.52. The van der Waals surface area contributed by atoms with Crippen LogP contribution in [0.4, 0.5) is 0 Å². The fourth-order valence-corrected chi connectivity index (χ4v) is 3.58. The van der Waals surface area contributed by atoms with Gasteiger partial charge >= 0.3 is 5.97 Å². The molecule has 0 aliphatic heterocycles. The molecule has 0 aromatic heterocycles. The number of aliphatic hydroxyl groups excluding tert-OH is 1. The van der Waals surface area contributed by atoms with Gasteiger partial charge in [-0.3, -0.25) is 14.4 Å². The summed E-state index contributed by atoms with van der Waals surface area (Å²) in [4.78, 5) is 49.7. The number of hydrogen-bond acceptors (Lipinski definition) is 6. The van der Waals surface area contributed by atoms with Gasteiger partial charge in [-0.2, -0.15) is 0 Å². The SMILES string of the molecule is CCOC(=O)C(=O)C[C@@H](C1=C(O)c2ccccc2C(=O)C1=O)c1ccccc1Cl. The number of allylic oxidation sites excluding steroid dienone is 1. The summed E-state index contributed by atoms with van der Waals surface area (Å²) in [6, 6.07) is 12.6. The first-order valence-corrected chi connectivity index (χ1v) is 9.30. The van der Waals surface area contributed by atoms with Gasteiger partial charge < -0.3 is 9.84 Å². The van der Waals surface area contributed by atoms with Crippen molar-refractivity contribution in [2.24, 2.45) is 0 Å². The summed E-state index contributed by atoms with van der Waals surface area (Å²) in [6.07, 6.45) is -0.483. The lowest BCUT2D eigenvalue weighted by atomic mass is 9.77. The van der Waals surface area contributed by atoms with E-state index in [1.807, 2.05) is 0 Å². The maximum absolute atomic E-state index is 12.9. The van der Waals surface area contributed by atoms with Crippen molar-refractivity contribution in [3.8, 4) is 0 Å². The van der Waals surface area contributed by atoms with Crippen LogP contribution in [0.1, 0.15) is 40.7 Å². The highest BCUT2D eigenvalue weighted by Gasteiger charge is 2.39. The van der Waals surface area contributed by atoms with Crippen molar-refractivity contribution in [2.75, 3.05) is 6.61 Å². The summed E-state index contributed by atoms with van der Waals surface area (Å²) < 4.78 is 4.74. The van der Waals surface area contributed by atoms with Gasteiger partial charge in [-0.1, -0.05) is 54.1 Å². The molecule has 0 radical (unpaired) electrons. The molecule has 2 aromatic carbocycles. The molecule has 3 rings (SSSR count). The van der Waals surface area contributed by atoms with Crippen molar-refractivity contribution < 1.29 is 29.0 Å². The van der Waals surface area contributed by atoms with Gasteiger partial charge in [0.05, 0.1) is 12.2 Å². The minimum Gasteiger partial charge on any atom is -0.507 e. The van der Waals surface area contributed by atoms with E-state index in [0.29, 0.717) is 5.56 Å². The predicted octanol–water partition coefficient (Wildman–Crippen LogP) is 3.68. The molecule has 1 N–H and O–H groups in total. The topological polar surface area (TPSA) is 97.7 Å². The molecule has 0 amide bonds. The Bertz CT molecular complexity index is 1050. The van der Waals surface area contributed by atoms with Crippen LogP contribution in [0, 0.1) is 0 Å². The Balaban J connectivity index is 2.17. The van der Waals surface area contributed by atoms with E-state index in [9.17, 15) is 24.3 Å². The number of esters is 1. The molecule has 0 heterocycles. The van der Waals surface area contributed by atoms with E-state index in [2.05, 4.69) is 0 Å². The van der Waals surface area contributed by atoms with Crippen LogP contribution in [-0.4, -0.2) is 35.0 Å². The molecule has 1 atom stereocenters. The second-order valence-corrected chi connectivity index (χ2v) is 6.80. The molecule has 148 valence electrons. The van der Waals surface area contributed by atoms with Crippen LogP contribution < -0.4 is 0 Å². The molecule has 6 nitrogen and oxygen atoms in total. The van der Waals surface area contributed by atoms with Crippen LogP contribution in [-0.2, 0) is 19.1 Å². The molecule has 0 fully saturated rings. The molecule has 0 unspecified atom stereocenters. The van der Waals surface area contributed by atoms with Gasteiger partial charge in [0.1, 0.15) is 5.76 Å². The second kappa shape index (κ2) is 8.41. The molecule has 1 aliphatic carbocycles. The molecule has 2 aromatic rings. The second-order valence-electron chi connectivity index (χ2n) is 6.39. The number of ketones is 3. The summed E-state index contributed by atoms with van der Waals surface area (Å²) >= 11 is 6.27. The smallest absolute Gasteiger partial charge is 0.374 e. The number of Topliss-reactive ketones (excluding diaryl/α,β-unsaturated/α-hetero) is 3. The lowest BCUT2D eigenvalue weighted by molar-refractivity contribution is -0.153. The molecular formula is C22H17ClO6. The summed E-state index contributed by atoms with van der Waals surface area (Å²) in [5.74, 6) is -5.19. The lowest BCUT2D eigenvalue weighted by Gasteiger charge is -2.25. The highest BCUT2D eigenvalue weighted by atomic mass is 35.5. The summed E-state index contributed by atoms with van der Waals surface area (Å²) in [5, 5.41) is 11.1. The number of aliphatic hydroxyl groups is 1. The van der Waals surface area contributed by atoms with Crippen molar-refractivity contribution >= 4 is 40.7 Å². The largest absolute Gasteiger partial charge is 0.507 e.